The average molecular weight is 410 g/mol. The third kappa shape index (κ3) is 5.78. The molecule has 2 aliphatic rings. The topological polar surface area (TPSA) is 23.8 Å². The molecule has 1 saturated carbocycles. The average Bonchev–Trinajstić information content (AvgIpc) is 2.67. The number of halogens is 3. The minimum absolute atomic E-state index is 0.230. The van der Waals surface area contributed by atoms with Gasteiger partial charge in [0.25, 0.3) is 0 Å². The van der Waals surface area contributed by atoms with Crippen LogP contribution in [0.5, 0.6) is 0 Å². The van der Waals surface area contributed by atoms with Crippen molar-refractivity contribution < 1.29 is 8.78 Å². The van der Waals surface area contributed by atoms with E-state index in [0.717, 1.165) is 43.1 Å². The van der Waals surface area contributed by atoms with E-state index in [1.165, 1.54) is 62.7 Å². The number of hydrogen-bond donors (Lipinski definition) is 0. The van der Waals surface area contributed by atoms with Crippen molar-refractivity contribution in [2.45, 2.75) is 82.2 Å². The fraction of sp³-hybridized carbons (Fsp3) is 0.682. The van der Waals surface area contributed by atoms with Gasteiger partial charge in [0.1, 0.15) is 31.4 Å². The van der Waals surface area contributed by atoms with Crippen LogP contribution in [0.2, 0.25) is 12.1 Å². The number of nitriles is 1. The van der Waals surface area contributed by atoms with E-state index in [9.17, 15) is 8.78 Å². The first-order valence-electron chi connectivity index (χ1n) is 10.6. The Hall–Kier alpha value is -0.923. The number of hydrogen-bond acceptors (Lipinski definition) is 1. The van der Waals surface area contributed by atoms with Crippen molar-refractivity contribution in [3.63, 3.8) is 0 Å². The first kappa shape index (κ1) is 20.8. The van der Waals surface area contributed by atoms with Gasteiger partial charge in [-0.1, -0.05) is 38.5 Å². The summed E-state index contributed by atoms with van der Waals surface area (Å²) in [6, 6.07) is 6.99. The third-order valence-electron chi connectivity index (χ3n) is 6.75. The Morgan fingerprint density at radius 3 is 1.96 bits per heavy atom. The van der Waals surface area contributed by atoms with E-state index in [1.54, 1.807) is 6.07 Å². The molecule has 2 fully saturated rings. The zero-order valence-corrected chi connectivity index (χ0v) is 17.9. The Kier molecular flexibility index (Phi) is 7.72. The summed E-state index contributed by atoms with van der Waals surface area (Å²) in [5.41, 5.74) is 0.259. The van der Waals surface area contributed by atoms with Crippen LogP contribution in [0.3, 0.4) is 0 Å². The van der Waals surface area contributed by atoms with E-state index in [-0.39, 0.29) is 5.92 Å². The number of benzene rings is 1. The van der Waals surface area contributed by atoms with Crippen molar-refractivity contribution in [3.05, 3.63) is 34.9 Å². The van der Waals surface area contributed by atoms with Crippen molar-refractivity contribution in [1.29, 1.82) is 5.26 Å². The first-order chi connectivity index (χ1) is 13.1. The van der Waals surface area contributed by atoms with Crippen LogP contribution in [0.15, 0.2) is 12.1 Å². The van der Waals surface area contributed by atoms with E-state index < -0.39 is 25.3 Å². The molecule has 0 unspecified atom stereocenters. The minimum Gasteiger partial charge on any atom is -0.205 e. The molecule has 0 spiro atoms. The standard InChI is InChI=1S/C22H30ClF2NSi/c23-27-11-9-17(10-12-27)4-2-1-3-16-5-7-18(8-6-16)19-13-21(24)20(15-26)22(25)14-19/h13-14,16-18,27H,1-12H2. The molecule has 0 radical (unpaired) electrons. The highest BCUT2D eigenvalue weighted by Gasteiger charge is 2.24. The fourth-order valence-electron chi connectivity index (χ4n) is 5.00. The Morgan fingerprint density at radius 1 is 0.926 bits per heavy atom. The molecule has 1 nitrogen and oxygen atoms in total. The number of rotatable bonds is 6. The lowest BCUT2D eigenvalue weighted by atomic mass is 9.76. The highest BCUT2D eigenvalue weighted by molar-refractivity contribution is 7.07. The lowest BCUT2D eigenvalue weighted by molar-refractivity contribution is 0.296. The second kappa shape index (κ2) is 10.0. The van der Waals surface area contributed by atoms with Crippen molar-refractivity contribution in [2.24, 2.45) is 11.8 Å². The number of nitrogens with zero attached hydrogens (tertiary/aromatic N) is 1. The van der Waals surface area contributed by atoms with Gasteiger partial charge < -0.3 is 0 Å². The van der Waals surface area contributed by atoms with Gasteiger partial charge in [-0.3, -0.25) is 0 Å². The van der Waals surface area contributed by atoms with Crippen molar-refractivity contribution >= 4 is 19.2 Å². The maximum atomic E-state index is 13.9. The summed E-state index contributed by atoms with van der Waals surface area (Å²) in [7, 11) is -0.832. The van der Waals surface area contributed by atoms with Gasteiger partial charge in [-0.2, -0.15) is 16.3 Å². The summed E-state index contributed by atoms with van der Waals surface area (Å²) < 4.78 is 27.7. The largest absolute Gasteiger partial charge is 0.205 e. The molecular weight excluding hydrogens is 380 g/mol. The van der Waals surface area contributed by atoms with E-state index in [1.807, 2.05) is 0 Å². The van der Waals surface area contributed by atoms with Gasteiger partial charge in [0.2, 0.25) is 0 Å². The number of unbranched alkanes of at least 4 members (excludes halogenated alkanes) is 1. The van der Waals surface area contributed by atoms with Crippen molar-refractivity contribution in [1.82, 2.24) is 0 Å². The molecule has 0 aromatic heterocycles. The van der Waals surface area contributed by atoms with Crippen LogP contribution in [0.4, 0.5) is 8.78 Å². The molecular formula is C22H30ClF2NSi. The molecule has 27 heavy (non-hydrogen) atoms. The molecule has 5 heteroatoms. The van der Waals surface area contributed by atoms with E-state index in [2.05, 4.69) is 0 Å². The molecule has 3 rings (SSSR count). The van der Waals surface area contributed by atoms with Gasteiger partial charge in [0.15, 0.2) is 0 Å². The molecule has 0 atom stereocenters. The first-order valence-corrected chi connectivity index (χ1v) is 14.0. The van der Waals surface area contributed by atoms with E-state index in [0.29, 0.717) is 0 Å². The van der Waals surface area contributed by atoms with Crippen LogP contribution in [-0.2, 0) is 0 Å². The summed E-state index contributed by atoms with van der Waals surface area (Å²) in [5, 5.41) is 8.80. The third-order valence-corrected chi connectivity index (χ3v) is 9.97. The maximum absolute atomic E-state index is 13.9. The smallest absolute Gasteiger partial charge is 0.144 e. The Labute approximate surface area is 168 Å². The van der Waals surface area contributed by atoms with Gasteiger partial charge in [-0.25, -0.2) is 8.78 Å². The Bertz CT molecular complexity index is 636. The van der Waals surface area contributed by atoms with Crippen LogP contribution in [0.25, 0.3) is 0 Å². The molecule has 1 saturated heterocycles. The molecule has 0 bridgehead atoms. The molecule has 1 aliphatic heterocycles. The quantitative estimate of drug-likeness (QED) is 0.280. The van der Waals surface area contributed by atoms with Crippen LogP contribution < -0.4 is 0 Å². The maximum Gasteiger partial charge on any atom is 0.144 e. The molecule has 1 aromatic carbocycles. The molecule has 148 valence electrons. The summed E-state index contributed by atoms with van der Waals surface area (Å²) >= 11 is 6.32. The Morgan fingerprint density at radius 2 is 1.44 bits per heavy atom. The minimum atomic E-state index is -0.832. The van der Waals surface area contributed by atoms with E-state index in [4.69, 9.17) is 16.3 Å². The summed E-state index contributed by atoms with van der Waals surface area (Å²) in [4.78, 5) is 0. The van der Waals surface area contributed by atoms with Crippen LogP contribution >= 0.6 is 11.1 Å². The highest BCUT2D eigenvalue weighted by Crippen LogP contribution is 2.39. The molecule has 0 N–H and O–H groups in total. The van der Waals surface area contributed by atoms with E-state index >= 15 is 0 Å². The zero-order chi connectivity index (χ0) is 19.2. The highest BCUT2D eigenvalue weighted by atomic mass is 35.6. The van der Waals surface area contributed by atoms with Crippen molar-refractivity contribution in [3.8, 4) is 6.07 Å². The van der Waals surface area contributed by atoms with Gasteiger partial charge in [-0.15, -0.1) is 0 Å². The Balaban J connectivity index is 1.37. The lowest BCUT2D eigenvalue weighted by Gasteiger charge is -2.29. The molecule has 1 aromatic rings. The van der Waals surface area contributed by atoms with Crippen LogP contribution in [0, 0.1) is 34.8 Å². The fourth-order valence-corrected chi connectivity index (χ4v) is 7.71. The second-order valence-electron chi connectivity index (χ2n) is 8.59. The van der Waals surface area contributed by atoms with Gasteiger partial charge in [-0.05, 0) is 73.2 Å². The van der Waals surface area contributed by atoms with Crippen LogP contribution in [-0.4, -0.2) is 8.11 Å². The monoisotopic (exact) mass is 409 g/mol. The van der Waals surface area contributed by atoms with Gasteiger partial charge in [0.05, 0.1) is 0 Å². The molecule has 1 aliphatic carbocycles. The van der Waals surface area contributed by atoms with Crippen molar-refractivity contribution in [2.75, 3.05) is 0 Å². The van der Waals surface area contributed by atoms with Crippen LogP contribution in [0.1, 0.15) is 81.3 Å². The lowest BCUT2D eigenvalue weighted by Crippen LogP contribution is -2.16. The zero-order valence-electron chi connectivity index (χ0n) is 16.0. The normalized spacial score (nSPS) is 28.7. The predicted octanol–water partition coefficient (Wildman–Crippen LogP) is 7.04. The summed E-state index contributed by atoms with van der Waals surface area (Å²) in [6.07, 6.45) is 12.3. The summed E-state index contributed by atoms with van der Waals surface area (Å²) in [5.74, 6) is 0.471. The predicted molar refractivity (Wildman–Crippen MR) is 110 cm³/mol. The molecule has 0 amide bonds. The van der Waals surface area contributed by atoms with Gasteiger partial charge >= 0.3 is 0 Å². The van der Waals surface area contributed by atoms with Gasteiger partial charge in [0, 0.05) is 0 Å². The SMILES string of the molecule is N#Cc1c(F)cc(C2CCC(CCCCC3CC[SiH](Cl)CC3)CC2)cc1F. The molecule has 1 heterocycles. The summed E-state index contributed by atoms with van der Waals surface area (Å²) in [6.45, 7) is 0. The second-order valence-corrected chi connectivity index (χ2v) is 12.8.